The fraction of sp³-hybridized carbons (Fsp3) is 0.625. The average Bonchev–Trinajstić information content (AvgIpc) is 2.47. The number of hydrogen-bond donors (Lipinski definition) is 0. The molecule has 0 N–H and O–H groups in total. The van der Waals surface area contributed by atoms with Gasteiger partial charge < -0.3 is 0 Å². The largest absolute Gasteiger partial charge is 0.416 e. The summed E-state index contributed by atoms with van der Waals surface area (Å²) in [6.07, 6.45) is -0.386. The lowest BCUT2D eigenvalue weighted by Gasteiger charge is -2.39. The van der Waals surface area contributed by atoms with Gasteiger partial charge in [0.2, 0.25) is 0 Å². The molecule has 0 aromatic heterocycles. The van der Waals surface area contributed by atoms with E-state index in [4.69, 9.17) is 4.84 Å². The molecular formula is C16H23F3NO+. The molecule has 2 nitrogen and oxygen atoms in total. The second-order valence-corrected chi connectivity index (χ2v) is 6.26. The van der Waals surface area contributed by atoms with Crippen LogP contribution in [0.3, 0.4) is 0 Å². The van der Waals surface area contributed by atoms with E-state index in [-0.39, 0.29) is 5.92 Å². The Hall–Kier alpha value is -1.07. The number of alkyl halides is 3. The number of quaternary nitrogens is 1. The Morgan fingerprint density at radius 1 is 1.19 bits per heavy atom. The average molecular weight is 302 g/mol. The molecule has 5 heteroatoms. The molecular weight excluding hydrogens is 279 g/mol. The Kier molecular flexibility index (Phi) is 4.63. The molecule has 0 bridgehead atoms. The van der Waals surface area contributed by atoms with Crippen molar-refractivity contribution in [3.63, 3.8) is 0 Å². The van der Waals surface area contributed by atoms with E-state index >= 15 is 0 Å². The van der Waals surface area contributed by atoms with Crippen molar-refractivity contribution < 1.29 is 22.7 Å². The van der Waals surface area contributed by atoms with Gasteiger partial charge in [0.05, 0.1) is 26.8 Å². The molecule has 0 aliphatic heterocycles. The van der Waals surface area contributed by atoms with Gasteiger partial charge in [-0.25, -0.2) is 4.84 Å². The molecule has 2 rings (SSSR count). The maximum atomic E-state index is 12.8. The molecule has 118 valence electrons. The van der Waals surface area contributed by atoms with E-state index in [0.29, 0.717) is 10.7 Å². The summed E-state index contributed by atoms with van der Waals surface area (Å²) >= 11 is 0. The van der Waals surface area contributed by atoms with Crippen LogP contribution in [0.1, 0.15) is 42.7 Å². The van der Waals surface area contributed by atoms with Gasteiger partial charge in [0.15, 0.2) is 0 Å². The molecule has 0 spiro atoms. The van der Waals surface area contributed by atoms with E-state index in [9.17, 15) is 13.2 Å². The minimum Gasteiger partial charge on any atom is -0.206 e. The van der Waals surface area contributed by atoms with Crippen LogP contribution in [0.2, 0.25) is 0 Å². The van der Waals surface area contributed by atoms with E-state index in [0.717, 1.165) is 37.3 Å². The molecule has 2 atom stereocenters. The fourth-order valence-corrected chi connectivity index (χ4v) is 3.15. The number of benzene rings is 1. The van der Waals surface area contributed by atoms with Gasteiger partial charge in [-0.3, -0.25) is 0 Å². The van der Waals surface area contributed by atoms with E-state index in [1.807, 2.05) is 20.2 Å². The van der Waals surface area contributed by atoms with Gasteiger partial charge in [-0.1, -0.05) is 18.2 Å². The Labute approximate surface area is 124 Å². The Balaban J connectivity index is 2.19. The summed E-state index contributed by atoms with van der Waals surface area (Å²) in [7, 11) is 5.67. The molecule has 1 aliphatic carbocycles. The number of hydrogen-bond acceptors (Lipinski definition) is 1. The van der Waals surface area contributed by atoms with Crippen LogP contribution in [-0.2, 0) is 11.0 Å². The summed E-state index contributed by atoms with van der Waals surface area (Å²) in [4.78, 5) is 5.50. The van der Waals surface area contributed by atoms with Gasteiger partial charge in [0, 0.05) is 12.8 Å². The monoisotopic (exact) mass is 302 g/mol. The molecule has 1 aliphatic rings. The lowest BCUT2D eigenvalue weighted by molar-refractivity contribution is -1.09. The summed E-state index contributed by atoms with van der Waals surface area (Å²) in [5.74, 6) is 0.179. The second kappa shape index (κ2) is 5.97. The van der Waals surface area contributed by atoms with Crippen molar-refractivity contribution in [2.24, 2.45) is 0 Å². The standard InChI is InChI=1S/C16H23F3NO/c1-20(2,21-3)15-9-5-7-13(11-15)12-6-4-8-14(10-12)16(17,18)19/h4,6,8,10,13,15H,5,7,9,11H2,1-3H3/q+1. The van der Waals surface area contributed by atoms with Crippen molar-refractivity contribution in [3.8, 4) is 0 Å². The molecule has 1 fully saturated rings. The summed E-state index contributed by atoms with van der Waals surface area (Å²) in [5.41, 5.74) is 0.244. The quantitative estimate of drug-likeness (QED) is 0.595. The summed E-state index contributed by atoms with van der Waals surface area (Å²) < 4.78 is 39.0. The van der Waals surface area contributed by atoms with Crippen LogP contribution in [0, 0.1) is 0 Å². The van der Waals surface area contributed by atoms with E-state index in [1.165, 1.54) is 12.1 Å². The van der Waals surface area contributed by atoms with E-state index in [1.54, 1.807) is 7.11 Å². The molecule has 1 aromatic rings. The van der Waals surface area contributed by atoms with Crippen molar-refractivity contribution in [1.29, 1.82) is 0 Å². The third kappa shape index (κ3) is 3.77. The van der Waals surface area contributed by atoms with Crippen LogP contribution in [0.4, 0.5) is 13.2 Å². The highest BCUT2D eigenvalue weighted by Gasteiger charge is 2.36. The number of halogens is 3. The normalized spacial score (nSPS) is 24.1. The van der Waals surface area contributed by atoms with Gasteiger partial charge in [-0.15, -0.1) is 0 Å². The van der Waals surface area contributed by atoms with E-state index < -0.39 is 11.7 Å². The van der Waals surface area contributed by atoms with Crippen molar-refractivity contribution in [2.45, 2.75) is 43.8 Å². The second-order valence-electron chi connectivity index (χ2n) is 6.26. The predicted molar refractivity (Wildman–Crippen MR) is 75.6 cm³/mol. The first-order valence-electron chi connectivity index (χ1n) is 7.30. The lowest BCUT2D eigenvalue weighted by Crippen LogP contribution is -2.49. The van der Waals surface area contributed by atoms with Gasteiger partial charge in [0.25, 0.3) is 0 Å². The Morgan fingerprint density at radius 3 is 2.52 bits per heavy atom. The highest BCUT2D eigenvalue weighted by molar-refractivity contribution is 5.28. The first-order chi connectivity index (χ1) is 9.74. The van der Waals surface area contributed by atoms with Crippen LogP contribution in [0.5, 0.6) is 0 Å². The number of rotatable bonds is 3. The molecule has 21 heavy (non-hydrogen) atoms. The molecule has 1 saturated carbocycles. The maximum absolute atomic E-state index is 12.8. The van der Waals surface area contributed by atoms with Crippen molar-refractivity contribution in [2.75, 3.05) is 21.2 Å². The van der Waals surface area contributed by atoms with Crippen molar-refractivity contribution in [1.82, 2.24) is 0 Å². The number of nitrogens with zero attached hydrogens (tertiary/aromatic N) is 1. The molecule has 0 heterocycles. The minimum absolute atomic E-state index is 0.179. The topological polar surface area (TPSA) is 9.23 Å². The van der Waals surface area contributed by atoms with Crippen molar-refractivity contribution in [3.05, 3.63) is 35.4 Å². The first kappa shape index (κ1) is 16.3. The molecule has 0 saturated heterocycles. The SMILES string of the molecule is CO[N+](C)(C)C1CCCC(c2cccc(C(F)(F)F)c2)C1. The van der Waals surface area contributed by atoms with Gasteiger partial charge in [-0.05, 0) is 30.4 Å². The predicted octanol–water partition coefficient (Wildman–Crippen LogP) is 4.37. The minimum atomic E-state index is -4.27. The molecule has 2 unspecified atom stereocenters. The summed E-state index contributed by atoms with van der Waals surface area (Å²) in [5, 5.41) is 0. The zero-order chi connectivity index (χ0) is 15.7. The lowest BCUT2D eigenvalue weighted by atomic mass is 9.80. The third-order valence-electron chi connectivity index (χ3n) is 4.68. The van der Waals surface area contributed by atoms with Gasteiger partial charge in [0.1, 0.15) is 6.04 Å². The highest BCUT2D eigenvalue weighted by atomic mass is 19.4. The zero-order valence-corrected chi connectivity index (χ0v) is 12.8. The van der Waals surface area contributed by atoms with Crippen molar-refractivity contribution >= 4 is 0 Å². The molecule has 0 radical (unpaired) electrons. The molecule has 0 amide bonds. The fourth-order valence-electron chi connectivity index (χ4n) is 3.15. The van der Waals surface area contributed by atoms with Crippen LogP contribution in [0.15, 0.2) is 24.3 Å². The third-order valence-corrected chi connectivity index (χ3v) is 4.68. The maximum Gasteiger partial charge on any atom is 0.416 e. The van der Waals surface area contributed by atoms with Crippen LogP contribution in [-0.4, -0.2) is 31.9 Å². The zero-order valence-electron chi connectivity index (χ0n) is 12.8. The summed E-state index contributed by atoms with van der Waals surface area (Å²) in [6, 6.07) is 6.09. The van der Waals surface area contributed by atoms with E-state index in [2.05, 4.69) is 0 Å². The Bertz CT molecular complexity index is 485. The summed E-state index contributed by atoms with van der Waals surface area (Å²) in [6.45, 7) is 0. The van der Waals surface area contributed by atoms with Gasteiger partial charge >= 0.3 is 6.18 Å². The van der Waals surface area contributed by atoms with Crippen LogP contribution >= 0.6 is 0 Å². The Morgan fingerprint density at radius 2 is 1.90 bits per heavy atom. The first-order valence-corrected chi connectivity index (χ1v) is 7.30. The smallest absolute Gasteiger partial charge is 0.206 e. The number of hydroxylamine groups is 3. The molecule has 1 aromatic carbocycles. The van der Waals surface area contributed by atoms with Gasteiger partial charge in [-0.2, -0.15) is 17.8 Å². The van der Waals surface area contributed by atoms with Crippen LogP contribution < -0.4 is 0 Å². The van der Waals surface area contributed by atoms with Crippen LogP contribution in [0.25, 0.3) is 0 Å². The highest BCUT2D eigenvalue weighted by Crippen LogP contribution is 2.38.